The van der Waals surface area contributed by atoms with Gasteiger partial charge in [-0.25, -0.2) is 0 Å². The minimum atomic E-state index is 0.454. The topological polar surface area (TPSA) is 9.23 Å². The Morgan fingerprint density at radius 1 is 1.62 bits per heavy atom. The Labute approximate surface area is 51.4 Å². The molecule has 0 heterocycles. The summed E-state index contributed by atoms with van der Waals surface area (Å²) in [4.78, 5) is 0. The molecule has 0 N–H and O–H groups in total. The summed E-state index contributed by atoms with van der Waals surface area (Å²) in [5.41, 5.74) is 0. The number of rotatable bonds is 3. The molecule has 0 aliphatic carbocycles. The largest absolute Gasteiger partial charge is 0.499 e. The van der Waals surface area contributed by atoms with E-state index in [9.17, 15) is 0 Å². The zero-order valence-electron chi connectivity index (χ0n) is 5.90. The van der Waals surface area contributed by atoms with E-state index in [1.165, 1.54) is 0 Å². The van der Waals surface area contributed by atoms with Gasteiger partial charge in [-0.2, -0.15) is 0 Å². The fourth-order valence-corrected chi connectivity index (χ4v) is 0.352. The van der Waals surface area contributed by atoms with Crippen molar-refractivity contribution in [1.82, 2.24) is 0 Å². The molecule has 8 heavy (non-hydrogen) atoms. The molecular weight excluding hydrogens is 100 g/mol. The predicted molar refractivity (Wildman–Crippen MR) is 35.6 cm³/mol. The van der Waals surface area contributed by atoms with Gasteiger partial charge in [0, 0.05) is 5.92 Å². The van der Waals surface area contributed by atoms with Crippen molar-refractivity contribution >= 4 is 0 Å². The Hall–Kier alpha value is -0.460. The van der Waals surface area contributed by atoms with Crippen LogP contribution in [0, 0.1) is 5.92 Å². The zero-order valence-corrected chi connectivity index (χ0v) is 5.90. The summed E-state index contributed by atoms with van der Waals surface area (Å²) < 4.78 is 5.11. The van der Waals surface area contributed by atoms with Gasteiger partial charge in [0.15, 0.2) is 0 Å². The first-order chi connectivity index (χ1) is 3.68. The Morgan fingerprint density at radius 3 is 2.25 bits per heavy atom. The summed E-state index contributed by atoms with van der Waals surface area (Å²) in [6.07, 6.45) is 0. The minimum Gasteiger partial charge on any atom is -0.499 e. The molecule has 48 valence electrons. The quantitative estimate of drug-likeness (QED) is 0.511. The van der Waals surface area contributed by atoms with E-state index in [1.54, 1.807) is 0 Å². The third kappa shape index (κ3) is 2.67. The van der Waals surface area contributed by atoms with Crippen molar-refractivity contribution < 1.29 is 4.74 Å². The Balaban J connectivity index is 3.33. The molecule has 1 heteroatoms. The Kier molecular flexibility index (Phi) is 3.33. The van der Waals surface area contributed by atoms with Crippen LogP contribution >= 0.6 is 0 Å². The average Bonchev–Trinajstić information content (AvgIpc) is 1.67. The molecule has 1 nitrogen and oxygen atoms in total. The van der Waals surface area contributed by atoms with Gasteiger partial charge in [0.05, 0.1) is 12.4 Å². The van der Waals surface area contributed by atoms with Crippen LogP contribution < -0.4 is 0 Å². The number of allylic oxidation sites excluding steroid dienone is 1. The highest BCUT2D eigenvalue weighted by molar-refractivity contribution is 4.85. The third-order valence-corrected chi connectivity index (χ3v) is 0.974. The van der Waals surface area contributed by atoms with E-state index in [2.05, 4.69) is 20.4 Å². The molecule has 0 aromatic carbocycles. The second-order valence-corrected chi connectivity index (χ2v) is 2.05. The van der Waals surface area contributed by atoms with Gasteiger partial charge in [0.25, 0.3) is 0 Å². The summed E-state index contributed by atoms with van der Waals surface area (Å²) in [7, 11) is 0. The molecule has 0 atom stereocenters. The van der Waals surface area contributed by atoms with Gasteiger partial charge in [-0.05, 0) is 6.92 Å². The van der Waals surface area contributed by atoms with Crippen molar-refractivity contribution in [1.29, 1.82) is 0 Å². The van der Waals surface area contributed by atoms with Crippen molar-refractivity contribution in [3.63, 3.8) is 0 Å². The summed E-state index contributed by atoms with van der Waals surface area (Å²) in [5.74, 6) is 1.34. The maximum atomic E-state index is 5.11. The lowest BCUT2D eigenvalue weighted by Crippen LogP contribution is -1.96. The molecule has 0 aliphatic heterocycles. The van der Waals surface area contributed by atoms with Gasteiger partial charge in [0.1, 0.15) is 0 Å². The van der Waals surface area contributed by atoms with Gasteiger partial charge in [-0.15, -0.1) is 0 Å². The highest BCUT2D eigenvalue weighted by atomic mass is 16.5. The van der Waals surface area contributed by atoms with Gasteiger partial charge in [-0.3, -0.25) is 0 Å². The Bertz CT molecular complexity index is 74.5. The molecular formula is C7H14O. The lowest BCUT2D eigenvalue weighted by molar-refractivity contribution is 0.202. The van der Waals surface area contributed by atoms with Crippen LogP contribution in [-0.2, 0) is 4.74 Å². The van der Waals surface area contributed by atoms with E-state index in [1.807, 2.05) is 6.92 Å². The molecule has 0 rings (SSSR count). The minimum absolute atomic E-state index is 0.454. The first-order valence-electron chi connectivity index (χ1n) is 3.00. The summed E-state index contributed by atoms with van der Waals surface area (Å²) in [6.45, 7) is 10.6. The van der Waals surface area contributed by atoms with Crippen LogP contribution in [0.3, 0.4) is 0 Å². The summed E-state index contributed by atoms with van der Waals surface area (Å²) in [6, 6.07) is 0. The van der Waals surface area contributed by atoms with Crippen molar-refractivity contribution in [3.8, 4) is 0 Å². The molecule has 0 aliphatic rings. The van der Waals surface area contributed by atoms with Crippen molar-refractivity contribution in [2.75, 3.05) is 6.61 Å². The van der Waals surface area contributed by atoms with E-state index in [0.29, 0.717) is 5.92 Å². The van der Waals surface area contributed by atoms with Crippen LogP contribution in [0.25, 0.3) is 0 Å². The standard InChI is InChI=1S/C7H14O/c1-5-8-7(4)6(2)3/h6H,4-5H2,1-3H3. The Morgan fingerprint density at radius 2 is 2.12 bits per heavy atom. The van der Waals surface area contributed by atoms with Crippen LogP contribution in [0.5, 0.6) is 0 Å². The van der Waals surface area contributed by atoms with Gasteiger partial charge in [-0.1, -0.05) is 20.4 Å². The van der Waals surface area contributed by atoms with Gasteiger partial charge in [0.2, 0.25) is 0 Å². The second-order valence-electron chi connectivity index (χ2n) is 2.05. The zero-order chi connectivity index (χ0) is 6.57. The van der Waals surface area contributed by atoms with E-state index < -0.39 is 0 Å². The molecule has 0 aromatic heterocycles. The van der Waals surface area contributed by atoms with Gasteiger partial charge < -0.3 is 4.74 Å². The third-order valence-electron chi connectivity index (χ3n) is 0.974. The van der Waals surface area contributed by atoms with Crippen LogP contribution in [-0.4, -0.2) is 6.61 Å². The van der Waals surface area contributed by atoms with E-state index in [0.717, 1.165) is 12.4 Å². The monoisotopic (exact) mass is 114 g/mol. The van der Waals surface area contributed by atoms with Crippen LogP contribution in [0.1, 0.15) is 20.8 Å². The predicted octanol–water partition coefficient (Wildman–Crippen LogP) is 2.19. The molecule has 0 saturated heterocycles. The SMILES string of the molecule is C=C(OCC)C(C)C. The van der Waals surface area contributed by atoms with E-state index >= 15 is 0 Å². The fraction of sp³-hybridized carbons (Fsp3) is 0.714. The maximum Gasteiger partial charge on any atom is 0.0913 e. The molecule has 0 aromatic rings. The van der Waals surface area contributed by atoms with E-state index in [4.69, 9.17) is 4.74 Å². The number of hydrogen-bond acceptors (Lipinski definition) is 1. The average molecular weight is 114 g/mol. The van der Waals surface area contributed by atoms with Crippen LogP contribution in [0.15, 0.2) is 12.3 Å². The summed E-state index contributed by atoms with van der Waals surface area (Å²) >= 11 is 0. The lowest BCUT2D eigenvalue weighted by atomic mass is 10.2. The van der Waals surface area contributed by atoms with Gasteiger partial charge >= 0.3 is 0 Å². The molecule has 0 saturated carbocycles. The molecule has 0 bridgehead atoms. The molecule has 0 spiro atoms. The van der Waals surface area contributed by atoms with Crippen LogP contribution in [0.4, 0.5) is 0 Å². The first-order valence-corrected chi connectivity index (χ1v) is 3.00. The van der Waals surface area contributed by atoms with Crippen molar-refractivity contribution in [2.24, 2.45) is 5.92 Å². The highest BCUT2D eigenvalue weighted by Crippen LogP contribution is 2.06. The molecule has 0 unspecified atom stereocenters. The smallest absolute Gasteiger partial charge is 0.0913 e. The normalized spacial score (nSPS) is 9.50. The number of ether oxygens (including phenoxy) is 1. The summed E-state index contributed by atoms with van der Waals surface area (Å²) in [5, 5.41) is 0. The lowest BCUT2D eigenvalue weighted by Gasteiger charge is -2.08. The molecule has 0 amide bonds. The van der Waals surface area contributed by atoms with E-state index in [-0.39, 0.29) is 0 Å². The van der Waals surface area contributed by atoms with Crippen molar-refractivity contribution in [2.45, 2.75) is 20.8 Å². The fourth-order valence-electron chi connectivity index (χ4n) is 0.352. The maximum absolute atomic E-state index is 5.11. The van der Waals surface area contributed by atoms with Crippen molar-refractivity contribution in [3.05, 3.63) is 12.3 Å². The number of hydrogen-bond donors (Lipinski definition) is 0. The highest BCUT2D eigenvalue weighted by Gasteiger charge is 1.96. The first kappa shape index (κ1) is 7.54. The molecule has 0 radical (unpaired) electrons. The molecule has 0 fully saturated rings. The second kappa shape index (κ2) is 3.53. The van der Waals surface area contributed by atoms with Crippen LogP contribution in [0.2, 0.25) is 0 Å².